The van der Waals surface area contributed by atoms with Crippen molar-refractivity contribution in [3.05, 3.63) is 54.6 Å². The molecule has 10 heteroatoms. The van der Waals surface area contributed by atoms with Crippen LogP contribution in [0.5, 0.6) is 0 Å². The molecule has 1 aliphatic rings. The molecule has 166 valence electrons. The lowest BCUT2D eigenvalue weighted by Gasteiger charge is -2.40. The second-order valence-electron chi connectivity index (χ2n) is 8.23. The third-order valence-electron chi connectivity index (χ3n) is 6.24. The SMILES string of the molecule is CN(c1nc2c(c(=O)n(Cc3ccc(Cl)c(Cl)c3)c(=O)n2C)n1C)C1(O)CCCCC1. The first-order valence-corrected chi connectivity index (χ1v) is 11.0. The van der Waals surface area contributed by atoms with E-state index in [9.17, 15) is 14.7 Å². The van der Waals surface area contributed by atoms with Crippen LogP contribution in [-0.2, 0) is 20.6 Å². The fraction of sp³-hybridized carbons (Fsp3) is 0.476. The second kappa shape index (κ2) is 8.00. The first-order valence-electron chi connectivity index (χ1n) is 10.2. The minimum Gasteiger partial charge on any atom is -0.371 e. The highest BCUT2D eigenvalue weighted by molar-refractivity contribution is 6.42. The van der Waals surface area contributed by atoms with Crippen molar-refractivity contribution in [3.8, 4) is 0 Å². The number of fused-ring (bicyclic) bond motifs is 1. The van der Waals surface area contributed by atoms with E-state index in [4.69, 9.17) is 23.2 Å². The fourth-order valence-corrected chi connectivity index (χ4v) is 4.65. The van der Waals surface area contributed by atoms with Crippen LogP contribution in [0.1, 0.15) is 37.7 Å². The van der Waals surface area contributed by atoms with Crippen LogP contribution in [0.25, 0.3) is 11.2 Å². The molecule has 1 fully saturated rings. The molecule has 0 amide bonds. The number of hydrogen-bond acceptors (Lipinski definition) is 5. The molecule has 2 aromatic heterocycles. The summed E-state index contributed by atoms with van der Waals surface area (Å²) >= 11 is 12.1. The third kappa shape index (κ3) is 3.66. The third-order valence-corrected chi connectivity index (χ3v) is 6.98. The number of aromatic nitrogens is 4. The molecule has 0 radical (unpaired) electrons. The Morgan fingerprint density at radius 2 is 1.77 bits per heavy atom. The predicted molar refractivity (Wildman–Crippen MR) is 122 cm³/mol. The Bertz CT molecular complexity index is 1270. The van der Waals surface area contributed by atoms with Gasteiger partial charge in [-0.3, -0.25) is 13.9 Å². The molecule has 1 aliphatic carbocycles. The van der Waals surface area contributed by atoms with E-state index in [0.29, 0.717) is 39.9 Å². The van der Waals surface area contributed by atoms with E-state index in [2.05, 4.69) is 4.98 Å². The van der Waals surface area contributed by atoms with Crippen molar-refractivity contribution in [2.75, 3.05) is 11.9 Å². The van der Waals surface area contributed by atoms with Crippen molar-refractivity contribution >= 4 is 40.3 Å². The zero-order valence-electron chi connectivity index (χ0n) is 17.7. The van der Waals surface area contributed by atoms with Gasteiger partial charge in [0.05, 0.1) is 16.6 Å². The summed E-state index contributed by atoms with van der Waals surface area (Å²) in [6.45, 7) is 0.0542. The molecule has 3 aromatic rings. The van der Waals surface area contributed by atoms with Crippen molar-refractivity contribution in [2.45, 2.75) is 44.4 Å². The minimum atomic E-state index is -1.02. The fourth-order valence-electron chi connectivity index (χ4n) is 4.33. The van der Waals surface area contributed by atoms with Gasteiger partial charge >= 0.3 is 5.69 Å². The van der Waals surface area contributed by atoms with Crippen LogP contribution in [0.4, 0.5) is 5.95 Å². The Hall–Kier alpha value is -2.29. The number of halogens is 2. The zero-order chi connectivity index (χ0) is 22.5. The van der Waals surface area contributed by atoms with Gasteiger partial charge in [-0.15, -0.1) is 0 Å². The molecule has 4 rings (SSSR count). The van der Waals surface area contributed by atoms with Crippen LogP contribution in [0.3, 0.4) is 0 Å². The molecule has 0 spiro atoms. The van der Waals surface area contributed by atoms with E-state index < -0.39 is 17.0 Å². The Kier molecular flexibility index (Phi) is 5.66. The predicted octanol–water partition coefficient (Wildman–Crippen LogP) is 2.88. The average molecular weight is 466 g/mol. The highest BCUT2D eigenvalue weighted by Crippen LogP contribution is 2.33. The maximum absolute atomic E-state index is 13.3. The Morgan fingerprint density at radius 1 is 1.10 bits per heavy atom. The topological polar surface area (TPSA) is 85.3 Å². The van der Waals surface area contributed by atoms with Gasteiger partial charge in [0.15, 0.2) is 11.2 Å². The maximum atomic E-state index is 13.3. The molecule has 1 aromatic carbocycles. The Morgan fingerprint density at radius 3 is 2.42 bits per heavy atom. The summed E-state index contributed by atoms with van der Waals surface area (Å²) in [7, 11) is 5.09. The molecule has 1 N–H and O–H groups in total. The summed E-state index contributed by atoms with van der Waals surface area (Å²) in [5.41, 5.74) is -0.691. The minimum absolute atomic E-state index is 0.0542. The van der Waals surface area contributed by atoms with Gasteiger partial charge in [-0.05, 0) is 43.4 Å². The monoisotopic (exact) mass is 465 g/mol. The van der Waals surface area contributed by atoms with Crippen LogP contribution in [0.15, 0.2) is 27.8 Å². The molecular weight excluding hydrogens is 441 g/mol. The molecule has 31 heavy (non-hydrogen) atoms. The van der Waals surface area contributed by atoms with E-state index in [1.54, 1.807) is 48.8 Å². The first kappa shape index (κ1) is 21.9. The molecule has 0 aliphatic heterocycles. The van der Waals surface area contributed by atoms with E-state index in [1.807, 2.05) is 0 Å². The van der Waals surface area contributed by atoms with E-state index in [0.717, 1.165) is 23.8 Å². The average Bonchev–Trinajstić information content (AvgIpc) is 3.09. The lowest BCUT2D eigenvalue weighted by Crippen LogP contribution is -2.49. The van der Waals surface area contributed by atoms with Gasteiger partial charge in [0.25, 0.3) is 5.56 Å². The summed E-state index contributed by atoms with van der Waals surface area (Å²) in [4.78, 5) is 32.6. The van der Waals surface area contributed by atoms with Crippen LogP contribution < -0.4 is 16.1 Å². The van der Waals surface area contributed by atoms with E-state index in [1.165, 1.54) is 4.57 Å². The van der Waals surface area contributed by atoms with Crippen LogP contribution in [-0.4, -0.2) is 36.6 Å². The maximum Gasteiger partial charge on any atom is 0.332 e. The number of aliphatic hydroxyl groups is 1. The molecule has 0 bridgehead atoms. The Labute approximate surface area is 189 Å². The van der Waals surface area contributed by atoms with Gasteiger partial charge in [-0.25, -0.2) is 4.79 Å². The Balaban J connectivity index is 1.84. The van der Waals surface area contributed by atoms with Crippen molar-refractivity contribution in [2.24, 2.45) is 14.1 Å². The zero-order valence-corrected chi connectivity index (χ0v) is 19.2. The van der Waals surface area contributed by atoms with Crippen molar-refractivity contribution in [1.29, 1.82) is 0 Å². The van der Waals surface area contributed by atoms with E-state index in [-0.39, 0.29) is 12.2 Å². The first-order chi connectivity index (χ1) is 14.6. The summed E-state index contributed by atoms with van der Waals surface area (Å²) in [5.74, 6) is 0.443. The number of rotatable bonds is 4. The largest absolute Gasteiger partial charge is 0.371 e. The van der Waals surface area contributed by atoms with Crippen molar-refractivity contribution < 1.29 is 5.11 Å². The second-order valence-corrected chi connectivity index (χ2v) is 9.04. The van der Waals surface area contributed by atoms with Gasteiger partial charge < -0.3 is 14.6 Å². The van der Waals surface area contributed by atoms with Gasteiger partial charge in [-0.2, -0.15) is 4.98 Å². The highest BCUT2D eigenvalue weighted by Gasteiger charge is 2.36. The molecule has 0 unspecified atom stereocenters. The summed E-state index contributed by atoms with van der Waals surface area (Å²) in [6.07, 6.45) is 4.21. The number of hydrogen-bond donors (Lipinski definition) is 1. The van der Waals surface area contributed by atoms with Crippen molar-refractivity contribution in [1.82, 2.24) is 18.7 Å². The molecule has 8 nitrogen and oxygen atoms in total. The normalized spacial score (nSPS) is 16.1. The molecule has 0 saturated heterocycles. The lowest BCUT2D eigenvalue weighted by atomic mass is 9.91. The summed E-state index contributed by atoms with van der Waals surface area (Å²) < 4.78 is 4.16. The molecular formula is C21H25Cl2N5O3. The van der Waals surface area contributed by atoms with Gasteiger partial charge in [-0.1, -0.05) is 35.7 Å². The van der Waals surface area contributed by atoms with Crippen LogP contribution in [0, 0.1) is 0 Å². The molecule has 0 atom stereocenters. The number of nitrogens with zero attached hydrogens (tertiary/aromatic N) is 5. The number of imidazole rings is 1. The molecule has 1 saturated carbocycles. The number of aryl methyl sites for hydroxylation is 2. The van der Waals surface area contributed by atoms with Gasteiger partial charge in [0.2, 0.25) is 5.95 Å². The van der Waals surface area contributed by atoms with Crippen molar-refractivity contribution in [3.63, 3.8) is 0 Å². The number of benzene rings is 1. The summed E-state index contributed by atoms with van der Waals surface area (Å²) in [6, 6.07) is 5.00. The standard InChI is InChI=1S/C21H25Cl2N5O3/c1-25-16-17(24-19(25)27(3)21(31)9-5-4-6-10-21)26(2)20(30)28(18(16)29)12-13-7-8-14(22)15(23)11-13/h7-8,11,31H,4-6,9-10,12H2,1-3H3. The summed E-state index contributed by atoms with van der Waals surface area (Å²) in [5, 5.41) is 11.9. The van der Waals surface area contributed by atoms with E-state index >= 15 is 0 Å². The van der Waals surface area contributed by atoms with Crippen LogP contribution in [0.2, 0.25) is 10.0 Å². The highest BCUT2D eigenvalue weighted by atomic mass is 35.5. The van der Waals surface area contributed by atoms with Crippen LogP contribution >= 0.6 is 23.2 Å². The lowest BCUT2D eigenvalue weighted by molar-refractivity contribution is 0.00396. The smallest absolute Gasteiger partial charge is 0.332 e. The van der Waals surface area contributed by atoms with Gasteiger partial charge in [0, 0.05) is 21.1 Å². The molecule has 2 heterocycles. The quantitative estimate of drug-likeness (QED) is 0.598. The van der Waals surface area contributed by atoms with Gasteiger partial charge in [0.1, 0.15) is 5.72 Å². The number of anilines is 1.